The number of carbonyl (C=O) groups is 9. The Morgan fingerprint density at radius 1 is 0.542 bits per heavy atom. The third-order valence-corrected chi connectivity index (χ3v) is 17.5. The minimum absolute atomic E-state index is 0.207. The van der Waals surface area contributed by atoms with Crippen molar-refractivity contribution in [2.75, 3.05) is 0 Å². The second-order valence-electron chi connectivity index (χ2n) is 19.3. The summed E-state index contributed by atoms with van der Waals surface area (Å²) in [5, 5.41) is 46.6. The zero-order valence-electron chi connectivity index (χ0n) is 39.9. The second-order valence-corrected chi connectivity index (χ2v) is 24.7. The normalized spacial score (nSPS) is 26.5. The van der Waals surface area contributed by atoms with Crippen LogP contribution in [0.25, 0.3) is 0 Å². The number of aliphatic carboxylic acids is 3. The molecular formula is C48H57N9O12S3. The fourth-order valence-electron chi connectivity index (χ4n) is 9.24. The van der Waals surface area contributed by atoms with Crippen molar-refractivity contribution in [1.82, 2.24) is 42.1 Å². The Kier molecular flexibility index (Phi) is 15.7. The van der Waals surface area contributed by atoms with E-state index in [1.54, 1.807) is 120 Å². The van der Waals surface area contributed by atoms with E-state index in [1.165, 1.54) is 28.8 Å². The molecular weight excluding hydrogens is 991 g/mol. The van der Waals surface area contributed by atoms with Crippen molar-refractivity contribution in [1.29, 1.82) is 0 Å². The van der Waals surface area contributed by atoms with Crippen LogP contribution in [0.15, 0.2) is 91.0 Å². The zero-order valence-corrected chi connectivity index (χ0v) is 42.3. The minimum atomic E-state index is -1.68. The number of carboxylic acids is 3. The molecule has 72 heavy (non-hydrogen) atoms. The molecule has 24 heteroatoms. The molecule has 0 aliphatic carbocycles. The third-order valence-electron chi connectivity index (χ3n) is 13.0. The molecule has 21 nitrogen and oxygen atoms in total. The number of nitrogens with zero attached hydrogens (tertiary/aromatic N) is 1. The van der Waals surface area contributed by atoms with Crippen LogP contribution in [0.4, 0.5) is 0 Å². The summed E-state index contributed by atoms with van der Waals surface area (Å²) in [6, 6.07) is 11.9. The minimum Gasteiger partial charge on any atom is -0.480 e. The molecule has 0 bridgehead atoms. The van der Waals surface area contributed by atoms with Crippen molar-refractivity contribution in [2.45, 2.75) is 126 Å². The monoisotopic (exact) mass is 1050 g/mol. The van der Waals surface area contributed by atoms with Crippen LogP contribution in [0, 0.1) is 0 Å². The highest BCUT2D eigenvalue weighted by Crippen LogP contribution is 2.51. The number of thioether (sulfide) groups is 3. The molecule has 12 atom stereocenters. The van der Waals surface area contributed by atoms with E-state index in [-0.39, 0.29) is 11.1 Å². The number of carbonyl (C=O) groups excluding carboxylic acids is 6. The first-order valence-electron chi connectivity index (χ1n) is 22.8. The summed E-state index contributed by atoms with van der Waals surface area (Å²) in [7, 11) is 0. The standard InChI is InChI=1S/C48H57N9O12S3/c1-46(2)31(43(64)65)55-39(70-46)28(52-34(58)25(49)22-16-10-7-11-17-22)37(61)50-26(23-18-12-8-13-19-23)35(59)53-29(40-56-32(44(66)67)47(3,4)71-40)38(62)51-27(24-20-14-9-15-21-24)36(60)54-30-41(63)57-33(45(68)69)48(5,6)72-42(30)57/h7-21,25-33,39-40,42,55-56H,49H2,1-6H3,(H,50,61)(H,51,62)(H,52,58)(H,53,59)(H,54,60)(H,64,65)(H,66,67)(H,68,69)/t25-,26-,27-,28+,29-,30-,31+,32+,33+,39-,40-,42-/m1/s1. The van der Waals surface area contributed by atoms with Crippen molar-refractivity contribution in [3.63, 3.8) is 0 Å². The van der Waals surface area contributed by atoms with Gasteiger partial charge in [-0.25, -0.2) is 4.79 Å². The van der Waals surface area contributed by atoms with Crippen LogP contribution in [0.2, 0.25) is 0 Å². The number of nitrogens with one attached hydrogen (secondary N) is 7. The Morgan fingerprint density at radius 3 is 1.35 bits per heavy atom. The highest BCUT2D eigenvalue weighted by molar-refractivity contribution is 8.02. The van der Waals surface area contributed by atoms with Gasteiger partial charge in [0.1, 0.15) is 59.8 Å². The Hall–Kier alpha value is -6.18. The number of carboxylic acid groups (broad SMARTS) is 3. The first-order chi connectivity index (χ1) is 33.8. The lowest BCUT2D eigenvalue weighted by molar-refractivity contribution is -0.161. The molecule has 0 saturated carbocycles. The molecule has 3 aromatic rings. The fraction of sp³-hybridized carbons (Fsp3) is 0.438. The number of amides is 6. The van der Waals surface area contributed by atoms with Gasteiger partial charge in [-0.2, -0.15) is 0 Å². The Labute approximate surface area is 427 Å². The van der Waals surface area contributed by atoms with Crippen LogP contribution >= 0.6 is 35.3 Å². The molecule has 4 heterocycles. The number of nitrogens with two attached hydrogens (primary N) is 1. The molecule has 12 N–H and O–H groups in total. The van der Waals surface area contributed by atoms with Gasteiger partial charge in [-0.1, -0.05) is 91.0 Å². The average Bonchev–Trinajstić information content (AvgIpc) is 3.94. The Morgan fingerprint density at radius 2 is 0.944 bits per heavy atom. The molecule has 384 valence electrons. The number of hydrogen-bond acceptors (Lipinski definition) is 15. The molecule has 3 aromatic carbocycles. The fourth-order valence-corrected chi connectivity index (χ4v) is 13.8. The Bertz CT molecular complexity index is 2610. The molecule has 0 unspecified atom stereocenters. The van der Waals surface area contributed by atoms with E-state index >= 15 is 0 Å². The van der Waals surface area contributed by atoms with Gasteiger partial charge in [0.2, 0.25) is 35.4 Å². The summed E-state index contributed by atoms with van der Waals surface area (Å²) >= 11 is 3.31. The SMILES string of the molecule is CC1(C)S[C@@H]2[C@H](NC(=O)[C@H](NC(=O)[C@@H](NC(=O)[C@H](NC(=O)[C@H](NC(=O)[C@H](N)c3ccccc3)[C@@H]3N[C@@H](C(=O)O)C(C)(C)S3)c3ccccc3)[C@@H]3N[C@@H](C(=O)O)C(C)(C)S3)c3ccccc3)C(=O)N2[C@H]1C(=O)O. The van der Waals surface area contributed by atoms with Gasteiger partial charge in [-0.15, -0.1) is 35.3 Å². The molecule has 0 spiro atoms. The lowest BCUT2D eigenvalue weighted by Crippen LogP contribution is -2.71. The van der Waals surface area contributed by atoms with Crippen molar-refractivity contribution in [3.05, 3.63) is 108 Å². The molecule has 4 fully saturated rings. The van der Waals surface area contributed by atoms with Gasteiger partial charge in [0.25, 0.3) is 0 Å². The molecule has 4 aliphatic heterocycles. The number of rotatable bonds is 18. The lowest BCUT2D eigenvalue weighted by atomic mass is 9.95. The number of hydrogen-bond donors (Lipinski definition) is 11. The van der Waals surface area contributed by atoms with E-state index in [4.69, 9.17) is 5.73 Å². The molecule has 6 amide bonds. The molecule has 4 saturated heterocycles. The first kappa shape index (κ1) is 53.6. The van der Waals surface area contributed by atoms with Crippen molar-refractivity contribution in [2.24, 2.45) is 5.73 Å². The van der Waals surface area contributed by atoms with Crippen LogP contribution in [0.5, 0.6) is 0 Å². The quantitative estimate of drug-likeness (QED) is 0.0785. The summed E-state index contributed by atoms with van der Waals surface area (Å²) in [5.74, 6) is -8.81. The highest BCUT2D eigenvalue weighted by atomic mass is 32.2. The van der Waals surface area contributed by atoms with Crippen molar-refractivity contribution in [3.8, 4) is 0 Å². The summed E-state index contributed by atoms with van der Waals surface area (Å²) in [5.41, 5.74) is 7.23. The van der Waals surface area contributed by atoms with Gasteiger partial charge in [-0.05, 0) is 58.2 Å². The summed E-state index contributed by atoms with van der Waals surface area (Å²) in [6.45, 7) is 9.95. The first-order valence-corrected chi connectivity index (χ1v) is 25.4. The van der Waals surface area contributed by atoms with E-state index in [9.17, 15) is 58.5 Å². The highest BCUT2D eigenvalue weighted by Gasteiger charge is 2.64. The summed E-state index contributed by atoms with van der Waals surface area (Å²) in [4.78, 5) is 125. The molecule has 0 aromatic heterocycles. The number of β-lactam (4-membered cyclic amide) rings is 1. The van der Waals surface area contributed by atoms with E-state index in [0.717, 1.165) is 23.5 Å². The van der Waals surface area contributed by atoms with E-state index < -0.39 is 138 Å². The summed E-state index contributed by atoms with van der Waals surface area (Å²) in [6.07, 6.45) is 0. The largest absolute Gasteiger partial charge is 0.480 e. The number of benzene rings is 3. The zero-order chi connectivity index (χ0) is 52.6. The van der Waals surface area contributed by atoms with Crippen molar-refractivity contribution >= 4 is 88.6 Å². The van der Waals surface area contributed by atoms with Crippen LogP contribution in [-0.2, 0) is 43.2 Å². The van der Waals surface area contributed by atoms with Crippen LogP contribution in [0.3, 0.4) is 0 Å². The van der Waals surface area contributed by atoms with E-state index in [1.807, 2.05) is 0 Å². The van der Waals surface area contributed by atoms with Gasteiger partial charge >= 0.3 is 17.9 Å². The Balaban J connectivity index is 1.19. The second kappa shape index (κ2) is 21.1. The average molecular weight is 1050 g/mol. The maximum absolute atomic E-state index is 15.0. The maximum Gasteiger partial charge on any atom is 0.327 e. The molecule has 7 rings (SSSR count). The summed E-state index contributed by atoms with van der Waals surface area (Å²) < 4.78 is -2.96. The predicted octanol–water partition coefficient (Wildman–Crippen LogP) is 0.791. The predicted molar refractivity (Wildman–Crippen MR) is 268 cm³/mol. The van der Waals surface area contributed by atoms with Crippen molar-refractivity contribution < 1.29 is 58.5 Å². The van der Waals surface area contributed by atoms with Gasteiger partial charge in [-0.3, -0.25) is 49.0 Å². The van der Waals surface area contributed by atoms with Gasteiger partial charge in [0.15, 0.2) is 0 Å². The number of fused-ring (bicyclic) bond motifs is 1. The van der Waals surface area contributed by atoms with Crippen LogP contribution in [0.1, 0.15) is 76.4 Å². The van der Waals surface area contributed by atoms with Crippen LogP contribution in [-0.4, -0.2) is 140 Å². The smallest absolute Gasteiger partial charge is 0.327 e. The van der Waals surface area contributed by atoms with Crippen LogP contribution < -0.4 is 43.0 Å². The molecule has 4 aliphatic rings. The maximum atomic E-state index is 15.0. The third kappa shape index (κ3) is 11.1. The van der Waals surface area contributed by atoms with Gasteiger partial charge in [0, 0.05) is 14.2 Å². The van der Waals surface area contributed by atoms with Gasteiger partial charge < -0.3 is 52.5 Å². The topological polar surface area (TPSA) is 328 Å². The van der Waals surface area contributed by atoms with E-state index in [2.05, 4.69) is 37.2 Å². The lowest BCUT2D eigenvalue weighted by Gasteiger charge is -2.44. The molecule has 0 radical (unpaired) electrons. The van der Waals surface area contributed by atoms with Gasteiger partial charge in [0.05, 0.1) is 10.7 Å². The van der Waals surface area contributed by atoms with E-state index in [0.29, 0.717) is 5.56 Å².